The number of aromatic amines is 1. The lowest BCUT2D eigenvalue weighted by molar-refractivity contribution is -0.138. The van der Waals surface area contributed by atoms with Crippen molar-refractivity contribution >= 4 is 11.8 Å². The predicted molar refractivity (Wildman–Crippen MR) is 134 cm³/mol. The number of carboxylic acid groups (broad SMARTS) is 1. The van der Waals surface area contributed by atoms with Gasteiger partial charge < -0.3 is 14.8 Å². The van der Waals surface area contributed by atoms with Crippen molar-refractivity contribution in [1.29, 1.82) is 0 Å². The Morgan fingerprint density at radius 2 is 1.51 bits per heavy atom. The number of H-pyrrole nitrogens is 1. The van der Waals surface area contributed by atoms with Crippen molar-refractivity contribution in [3.05, 3.63) is 101 Å². The number of benzene rings is 3. The number of halogens is 3. The number of aromatic nitrogens is 1. The van der Waals surface area contributed by atoms with Crippen LogP contribution in [0.25, 0.3) is 22.4 Å². The number of ether oxygens (including phenoxy) is 1. The molecule has 0 aliphatic rings. The van der Waals surface area contributed by atoms with E-state index in [0.717, 1.165) is 12.1 Å². The van der Waals surface area contributed by atoms with Gasteiger partial charge in [-0.2, -0.15) is 13.2 Å². The summed E-state index contributed by atoms with van der Waals surface area (Å²) in [7, 11) is 0. The number of alkyl halides is 3. The molecule has 3 aromatic carbocycles. The Balaban J connectivity index is 1.74. The van der Waals surface area contributed by atoms with E-state index < -0.39 is 17.7 Å². The van der Waals surface area contributed by atoms with Gasteiger partial charge in [-0.1, -0.05) is 60.7 Å². The van der Waals surface area contributed by atoms with Crippen LogP contribution in [0.4, 0.5) is 13.2 Å². The summed E-state index contributed by atoms with van der Waals surface area (Å²) in [4.78, 5) is 27.8. The fourth-order valence-electron chi connectivity index (χ4n) is 4.03. The second-order valence-corrected chi connectivity index (χ2v) is 8.79. The number of nitrogens with one attached hydrogen (secondary N) is 1. The normalized spacial score (nSPS) is 11.5. The number of carbonyl (C=O) groups is 2. The molecular weight excluding hydrogens is 483 g/mol. The molecule has 1 aromatic heterocycles. The second kappa shape index (κ2) is 10.3. The standard InChI is InChI=1S/C29H24F3NO4/c1-17(2)37-28-24(16-33-26(28)20-9-7-18(8-10-20)15-25(34)35)27(36)23-6-4-3-5-22(23)19-11-13-21(14-12-19)29(30,31)32/h3-14,16-17,33H,15H2,1-2H3,(H,34,35). The Morgan fingerprint density at radius 1 is 0.892 bits per heavy atom. The molecule has 37 heavy (non-hydrogen) atoms. The van der Waals surface area contributed by atoms with E-state index in [1.165, 1.54) is 12.1 Å². The Morgan fingerprint density at radius 3 is 2.11 bits per heavy atom. The van der Waals surface area contributed by atoms with Crippen molar-refractivity contribution in [3.8, 4) is 28.1 Å². The molecule has 2 N–H and O–H groups in total. The van der Waals surface area contributed by atoms with Crippen molar-refractivity contribution in [1.82, 2.24) is 4.98 Å². The summed E-state index contributed by atoms with van der Waals surface area (Å²) >= 11 is 0. The van der Waals surface area contributed by atoms with Gasteiger partial charge in [-0.05, 0) is 42.7 Å². The molecule has 0 atom stereocenters. The van der Waals surface area contributed by atoms with Crippen molar-refractivity contribution in [2.24, 2.45) is 0 Å². The molecule has 190 valence electrons. The van der Waals surface area contributed by atoms with Crippen molar-refractivity contribution in [2.75, 3.05) is 0 Å². The third-order valence-corrected chi connectivity index (χ3v) is 5.72. The third-order valence-electron chi connectivity index (χ3n) is 5.72. The minimum absolute atomic E-state index is 0.106. The van der Waals surface area contributed by atoms with E-state index in [1.54, 1.807) is 54.7 Å². The van der Waals surface area contributed by atoms with Crippen LogP contribution in [0.1, 0.15) is 40.9 Å². The lowest BCUT2D eigenvalue weighted by Gasteiger charge is -2.15. The van der Waals surface area contributed by atoms with Gasteiger partial charge >= 0.3 is 12.1 Å². The van der Waals surface area contributed by atoms with Crippen LogP contribution in [0, 0.1) is 0 Å². The van der Waals surface area contributed by atoms with E-state index in [9.17, 15) is 22.8 Å². The van der Waals surface area contributed by atoms with E-state index >= 15 is 0 Å². The van der Waals surface area contributed by atoms with Gasteiger partial charge in [0.25, 0.3) is 0 Å². The van der Waals surface area contributed by atoms with Gasteiger partial charge in [0.05, 0.1) is 29.3 Å². The summed E-state index contributed by atoms with van der Waals surface area (Å²) in [6, 6.07) is 18.3. The third kappa shape index (κ3) is 5.74. The lowest BCUT2D eigenvalue weighted by atomic mass is 9.93. The fourth-order valence-corrected chi connectivity index (χ4v) is 4.03. The van der Waals surface area contributed by atoms with E-state index in [-0.39, 0.29) is 23.9 Å². The first-order chi connectivity index (χ1) is 17.5. The monoisotopic (exact) mass is 507 g/mol. The summed E-state index contributed by atoms with van der Waals surface area (Å²) in [6.45, 7) is 3.66. The first-order valence-electron chi connectivity index (χ1n) is 11.5. The van der Waals surface area contributed by atoms with Crippen LogP contribution < -0.4 is 4.74 Å². The predicted octanol–water partition coefficient (Wildman–Crippen LogP) is 7.01. The molecule has 0 spiro atoms. The number of carbonyl (C=O) groups excluding carboxylic acids is 1. The molecule has 1 heterocycles. The van der Waals surface area contributed by atoms with Gasteiger partial charge in [0, 0.05) is 17.3 Å². The fraction of sp³-hybridized carbons (Fsp3) is 0.172. The summed E-state index contributed by atoms with van der Waals surface area (Å²) in [5, 5.41) is 9.01. The maximum atomic E-state index is 13.7. The molecular formula is C29H24F3NO4. The topological polar surface area (TPSA) is 79.4 Å². The number of aliphatic carboxylic acids is 1. The number of ketones is 1. The summed E-state index contributed by atoms with van der Waals surface area (Å²) in [5.41, 5.74) is 2.71. The number of carboxylic acids is 1. The maximum Gasteiger partial charge on any atom is 0.416 e. The summed E-state index contributed by atoms with van der Waals surface area (Å²) in [5.74, 6) is -0.944. The number of hydrogen-bond donors (Lipinski definition) is 2. The molecule has 4 rings (SSSR count). The smallest absolute Gasteiger partial charge is 0.416 e. The van der Waals surface area contributed by atoms with Gasteiger partial charge in [0.15, 0.2) is 11.5 Å². The summed E-state index contributed by atoms with van der Waals surface area (Å²) in [6.07, 6.45) is -3.27. The molecule has 0 aliphatic carbocycles. The van der Waals surface area contributed by atoms with Crippen LogP contribution in [-0.2, 0) is 17.4 Å². The first kappa shape index (κ1) is 25.8. The molecule has 0 bridgehead atoms. The van der Waals surface area contributed by atoms with Gasteiger partial charge in [-0.25, -0.2) is 0 Å². The van der Waals surface area contributed by atoms with Crippen LogP contribution in [0.2, 0.25) is 0 Å². The maximum absolute atomic E-state index is 13.7. The Bertz CT molecular complexity index is 1420. The zero-order valence-electron chi connectivity index (χ0n) is 20.1. The SMILES string of the molecule is CC(C)Oc1c(C(=O)c2ccccc2-c2ccc(C(F)(F)F)cc2)c[nH]c1-c1ccc(CC(=O)O)cc1. The van der Waals surface area contributed by atoms with Crippen molar-refractivity contribution in [3.63, 3.8) is 0 Å². The van der Waals surface area contributed by atoms with Crippen LogP contribution in [0.5, 0.6) is 5.75 Å². The van der Waals surface area contributed by atoms with E-state index in [1.807, 2.05) is 13.8 Å². The van der Waals surface area contributed by atoms with Crippen molar-refractivity contribution in [2.45, 2.75) is 32.5 Å². The first-order valence-corrected chi connectivity index (χ1v) is 11.5. The zero-order valence-corrected chi connectivity index (χ0v) is 20.1. The zero-order chi connectivity index (χ0) is 26.7. The highest BCUT2D eigenvalue weighted by Gasteiger charge is 2.30. The van der Waals surface area contributed by atoms with Crippen LogP contribution >= 0.6 is 0 Å². The van der Waals surface area contributed by atoms with Crippen LogP contribution in [0.3, 0.4) is 0 Å². The average molecular weight is 508 g/mol. The molecule has 5 nitrogen and oxygen atoms in total. The van der Waals surface area contributed by atoms with Gasteiger partial charge in [0.1, 0.15) is 0 Å². The highest BCUT2D eigenvalue weighted by molar-refractivity contribution is 6.15. The molecule has 0 unspecified atom stereocenters. The average Bonchev–Trinajstić information content (AvgIpc) is 3.26. The van der Waals surface area contributed by atoms with Crippen LogP contribution in [0.15, 0.2) is 79.0 Å². The number of rotatable bonds is 8. The molecule has 0 fully saturated rings. The Hall–Kier alpha value is -4.33. The second-order valence-electron chi connectivity index (χ2n) is 8.79. The Labute approximate surface area is 211 Å². The molecule has 0 amide bonds. The van der Waals surface area contributed by atoms with Gasteiger partial charge in [0.2, 0.25) is 0 Å². The van der Waals surface area contributed by atoms with Crippen LogP contribution in [-0.4, -0.2) is 27.9 Å². The molecule has 0 radical (unpaired) electrons. The number of hydrogen-bond acceptors (Lipinski definition) is 3. The lowest BCUT2D eigenvalue weighted by Crippen LogP contribution is -2.10. The molecule has 4 aromatic rings. The van der Waals surface area contributed by atoms with Crippen molar-refractivity contribution < 1.29 is 32.6 Å². The molecule has 8 heteroatoms. The molecule has 0 saturated carbocycles. The minimum atomic E-state index is -4.45. The molecule has 0 saturated heterocycles. The Kier molecular flexibility index (Phi) is 7.20. The molecule has 0 aliphatic heterocycles. The highest BCUT2D eigenvalue weighted by atomic mass is 19.4. The van der Waals surface area contributed by atoms with Gasteiger partial charge in [-0.3, -0.25) is 9.59 Å². The summed E-state index contributed by atoms with van der Waals surface area (Å²) < 4.78 is 45.1. The van der Waals surface area contributed by atoms with Gasteiger partial charge in [-0.15, -0.1) is 0 Å². The largest absolute Gasteiger partial charge is 0.488 e. The van der Waals surface area contributed by atoms with E-state index in [4.69, 9.17) is 9.84 Å². The highest BCUT2D eigenvalue weighted by Crippen LogP contribution is 2.37. The minimum Gasteiger partial charge on any atom is -0.488 e. The quantitative estimate of drug-likeness (QED) is 0.251. The van der Waals surface area contributed by atoms with E-state index in [2.05, 4.69) is 4.98 Å². The van der Waals surface area contributed by atoms with E-state index in [0.29, 0.717) is 39.3 Å².